The molecule has 0 aliphatic carbocycles. The maximum absolute atomic E-state index is 13.1. The number of nitrogens with zero attached hydrogens (tertiary/aromatic N) is 2. The topological polar surface area (TPSA) is 87.7 Å². The number of pyridine rings is 1. The van der Waals surface area contributed by atoms with Crippen LogP contribution in [0.5, 0.6) is 0 Å². The maximum Gasteiger partial charge on any atom is 0.252 e. The average molecular weight is 406 g/mol. The number of H-pyrrole nitrogens is 1. The lowest BCUT2D eigenvalue weighted by Crippen LogP contribution is -2.25. The van der Waals surface area contributed by atoms with Crippen molar-refractivity contribution in [2.75, 3.05) is 6.54 Å². The van der Waals surface area contributed by atoms with E-state index in [0.717, 1.165) is 22.3 Å². The molecule has 6 heteroatoms. The Morgan fingerprint density at radius 1 is 1.03 bits per heavy atom. The smallest absolute Gasteiger partial charge is 0.252 e. The molecule has 1 amide bonds. The van der Waals surface area contributed by atoms with E-state index in [9.17, 15) is 9.59 Å². The van der Waals surface area contributed by atoms with Crippen molar-refractivity contribution in [3.63, 3.8) is 0 Å². The van der Waals surface area contributed by atoms with Gasteiger partial charge in [-0.1, -0.05) is 36.3 Å². The molecule has 2 N–H and O–H groups in total. The molecule has 0 radical (unpaired) electrons. The number of carbonyl (C=O) groups is 2. The summed E-state index contributed by atoms with van der Waals surface area (Å²) in [7, 11) is 0. The minimum Gasteiger partial charge on any atom is -0.341 e. The van der Waals surface area contributed by atoms with Gasteiger partial charge in [-0.2, -0.15) is 5.10 Å². The predicted molar refractivity (Wildman–Crippen MR) is 120 cm³/mol. The Balaban J connectivity index is 1.63. The van der Waals surface area contributed by atoms with Crippen molar-refractivity contribution < 1.29 is 9.59 Å². The molecule has 0 atom stereocenters. The highest BCUT2D eigenvalue weighted by molar-refractivity contribution is 6.16. The monoisotopic (exact) mass is 406 g/mol. The highest BCUT2D eigenvalue weighted by Gasteiger charge is 2.18. The van der Waals surface area contributed by atoms with Gasteiger partial charge in [0.15, 0.2) is 5.78 Å². The number of ketones is 1. The molecule has 0 fully saturated rings. The lowest BCUT2D eigenvalue weighted by atomic mass is 9.97. The maximum atomic E-state index is 13.1. The van der Waals surface area contributed by atoms with Gasteiger partial charge in [-0.25, -0.2) is 0 Å². The van der Waals surface area contributed by atoms with Crippen LogP contribution in [0.1, 0.15) is 37.7 Å². The Hall–Kier alpha value is -4.50. The lowest BCUT2D eigenvalue weighted by molar-refractivity contribution is 0.0946. The lowest BCUT2D eigenvalue weighted by Gasteiger charge is -2.08. The summed E-state index contributed by atoms with van der Waals surface area (Å²) in [4.78, 5) is 29.8. The molecule has 0 spiro atoms. The summed E-state index contributed by atoms with van der Waals surface area (Å²) in [5, 5.41) is 10.8. The van der Waals surface area contributed by atoms with E-state index in [2.05, 4.69) is 26.4 Å². The zero-order valence-corrected chi connectivity index (χ0v) is 16.5. The van der Waals surface area contributed by atoms with E-state index in [1.165, 1.54) is 0 Å². The van der Waals surface area contributed by atoms with E-state index in [0.29, 0.717) is 11.1 Å². The van der Waals surface area contributed by atoms with Crippen LogP contribution in [0.2, 0.25) is 0 Å². The fourth-order valence-electron chi connectivity index (χ4n) is 3.21. The fraction of sp³-hybridized carbons (Fsp3) is 0.0400. The zero-order chi connectivity index (χ0) is 21.6. The summed E-state index contributed by atoms with van der Waals surface area (Å²) in [5.74, 6) is 1.72. The third-order valence-corrected chi connectivity index (χ3v) is 4.72. The van der Waals surface area contributed by atoms with E-state index in [1.54, 1.807) is 42.6 Å². The molecule has 0 aliphatic heterocycles. The Morgan fingerprint density at radius 2 is 1.84 bits per heavy atom. The summed E-state index contributed by atoms with van der Waals surface area (Å²) < 4.78 is 0. The first-order valence-electron chi connectivity index (χ1n) is 9.60. The predicted octanol–water partition coefficient (Wildman–Crippen LogP) is 3.72. The van der Waals surface area contributed by atoms with E-state index >= 15 is 0 Å². The molecule has 0 unspecified atom stereocenters. The van der Waals surface area contributed by atoms with Crippen LogP contribution in [0.25, 0.3) is 23.1 Å². The van der Waals surface area contributed by atoms with Crippen molar-refractivity contribution in [1.82, 2.24) is 20.5 Å². The second kappa shape index (κ2) is 8.89. The number of nitrogens with one attached hydrogen (secondary N) is 2. The number of benzene rings is 2. The van der Waals surface area contributed by atoms with Gasteiger partial charge in [-0.15, -0.1) is 6.42 Å². The number of hydrogen-bond acceptors (Lipinski definition) is 4. The first-order chi connectivity index (χ1) is 15.2. The molecule has 0 saturated heterocycles. The molecule has 2 aromatic carbocycles. The van der Waals surface area contributed by atoms with Crippen molar-refractivity contribution >= 4 is 34.7 Å². The summed E-state index contributed by atoms with van der Waals surface area (Å²) in [6.07, 6.45) is 10.7. The van der Waals surface area contributed by atoms with Crippen molar-refractivity contribution in [3.8, 4) is 12.3 Å². The van der Waals surface area contributed by atoms with Crippen molar-refractivity contribution in [2.45, 2.75) is 0 Å². The van der Waals surface area contributed by atoms with Gasteiger partial charge >= 0.3 is 0 Å². The van der Waals surface area contributed by atoms with Gasteiger partial charge in [0, 0.05) is 22.7 Å². The quantitative estimate of drug-likeness (QED) is 0.377. The van der Waals surface area contributed by atoms with E-state index < -0.39 is 0 Å². The Labute approximate surface area is 179 Å². The minimum atomic E-state index is -0.383. The molecule has 2 aromatic heterocycles. The molecule has 31 heavy (non-hydrogen) atoms. The third kappa shape index (κ3) is 4.26. The van der Waals surface area contributed by atoms with Crippen LogP contribution >= 0.6 is 0 Å². The van der Waals surface area contributed by atoms with Crippen LogP contribution in [0.4, 0.5) is 0 Å². The van der Waals surface area contributed by atoms with Crippen LogP contribution in [0.3, 0.4) is 0 Å². The molecular formula is C25H18N4O2. The standard InChI is InChI=1S/C25H18N4O2/c1-2-14-27-25(31)20-9-4-3-8-19(20)24(30)17-10-12-21-22(28-29-23(21)16-17)13-11-18-7-5-6-15-26-18/h1,3-13,15-16H,14H2,(H,27,31)(H,28,29). The zero-order valence-electron chi connectivity index (χ0n) is 16.5. The van der Waals surface area contributed by atoms with Crippen LogP contribution < -0.4 is 5.32 Å². The highest BCUT2D eigenvalue weighted by Crippen LogP contribution is 2.22. The van der Waals surface area contributed by atoms with Gasteiger partial charge in [0.05, 0.1) is 29.0 Å². The van der Waals surface area contributed by atoms with Crippen LogP contribution in [0.15, 0.2) is 66.9 Å². The molecule has 4 aromatic rings. The van der Waals surface area contributed by atoms with Crippen molar-refractivity contribution in [2.24, 2.45) is 0 Å². The largest absolute Gasteiger partial charge is 0.341 e. The van der Waals surface area contributed by atoms with E-state index in [4.69, 9.17) is 6.42 Å². The van der Waals surface area contributed by atoms with Crippen molar-refractivity contribution in [3.05, 3.63) is 94.9 Å². The Bertz CT molecular complexity index is 1330. The summed E-state index contributed by atoms with van der Waals surface area (Å²) >= 11 is 0. The van der Waals surface area contributed by atoms with Gasteiger partial charge in [-0.3, -0.25) is 19.7 Å². The molecule has 0 saturated carbocycles. The van der Waals surface area contributed by atoms with Gasteiger partial charge in [0.1, 0.15) is 0 Å². The number of carbonyl (C=O) groups excluding carboxylic acids is 2. The van der Waals surface area contributed by atoms with Gasteiger partial charge < -0.3 is 5.32 Å². The van der Waals surface area contributed by atoms with Gasteiger partial charge in [0.25, 0.3) is 5.91 Å². The molecule has 2 heterocycles. The first-order valence-corrected chi connectivity index (χ1v) is 9.60. The molecular weight excluding hydrogens is 388 g/mol. The normalized spacial score (nSPS) is 10.8. The number of rotatable bonds is 6. The minimum absolute atomic E-state index is 0.0935. The highest BCUT2D eigenvalue weighted by atomic mass is 16.2. The molecule has 0 bridgehead atoms. The van der Waals surface area contributed by atoms with Crippen LogP contribution in [-0.2, 0) is 0 Å². The van der Waals surface area contributed by atoms with E-state index in [1.807, 2.05) is 36.4 Å². The van der Waals surface area contributed by atoms with E-state index in [-0.39, 0.29) is 23.8 Å². The first kappa shape index (κ1) is 19.8. The molecule has 6 nitrogen and oxygen atoms in total. The molecule has 150 valence electrons. The van der Waals surface area contributed by atoms with Crippen molar-refractivity contribution in [1.29, 1.82) is 0 Å². The summed E-state index contributed by atoms with van der Waals surface area (Å²) in [6.45, 7) is 0.0935. The van der Waals surface area contributed by atoms with Crippen LogP contribution in [0, 0.1) is 12.3 Å². The molecule has 4 rings (SSSR count). The average Bonchev–Trinajstić information content (AvgIpc) is 3.23. The van der Waals surface area contributed by atoms with Gasteiger partial charge in [0.2, 0.25) is 0 Å². The van der Waals surface area contributed by atoms with Gasteiger partial charge in [-0.05, 0) is 42.5 Å². The molecule has 0 aliphatic rings. The second-order valence-corrected chi connectivity index (χ2v) is 6.72. The second-order valence-electron chi connectivity index (χ2n) is 6.72. The SMILES string of the molecule is C#CCNC(=O)c1ccccc1C(=O)c1ccc2c(C=Cc3ccccn3)n[nH]c2c1. The fourth-order valence-corrected chi connectivity index (χ4v) is 3.21. The number of hydrogen-bond donors (Lipinski definition) is 2. The third-order valence-electron chi connectivity index (χ3n) is 4.72. The number of aromatic nitrogens is 3. The van der Waals surface area contributed by atoms with Crippen LogP contribution in [-0.4, -0.2) is 33.4 Å². The Morgan fingerprint density at radius 3 is 2.61 bits per heavy atom. The Kier molecular flexibility index (Phi) is 5.68. The number of fused-ring (bicyclic) bond motifs is 1. The summed E-state index contributed by atoms with van der Waals surface area (Å²) in [6, 6.07) is 17.6. The number of terminal acetylenes is 1. The summed E-state index contributed by atoms with van der Waals surface area (Å²) in [5.41, 5.74) is 3.34. The number of aromatic amines is 1. The number of amides is 1.